The van der Waals surface area contributed by atoms with Crippen molar-refractivity contribution in [2.75, 3.05) is 0 Å². The topological polar surface area (TPSA) is 26.0 Å². The van der Waals surface area contributed by atoms with Crippen LogP contribution in [0.1, 0.15) is 18.9 Å². The van der Waals surface area contributed by atoms with E-state index in [4.69, 9.17) is 28.9 Å². The summed E-state index contributed by atoms with van der Waals surface area (Å²) in [5, 5.41) is 1.49. The van der Waals surface area contributed by atoms with Gasteiger partial charge >= 0.3 is 0 Å². The van der Waals surface area contributed by atoms with Crippen LogP contribution in [0.4, 0.5) is 0 Å². The molecule has 0 saturated carbocycles. The van der Waals surface area contributed by atoms with E-state index < -0.39 is 0 Å². The highest BCUT2D eigenvalue weighted by atomic mass is 35.5. The minimum atomic E-state index is 0.159. The Morgan fingerprint density at radius 1 is 1.10 bits per heavy atom. The van der Waals surface area contributed by atoms with Gasteiger partial charge in [-0.05, 0) is 54.8 Å². The second kappa shape index (κ2) is 7.37. The van der Waals surface area contributed by atoms with Crippen LogP contribution in [0.3, 0.4) is 0 Å². The Kier molecular flexibility index (Phi) is 5.79. The Bertz CT molecular complexity index is 586. The fraction of sp³-hybridized carbons (Fsp3) is 0.250. The molecule has 1 atom stereocenters. The maximum absolute atomic E-state index is 6.10. The standard InChI is InChI=1S/C16H17Cl2NS/c1-2-14(19)9-11-8-13(18)6-7-16(11)20-15-5-3-4-12(17)10-15/h3-8,10,14H,2,9,19H2,1H3. The SMILES string of the molecule is CCC(N)Cc1cc(Cl)ccc1Sc1cccc(Cl)c1. The number of benzene rings is 2. The van der Waals surface area contributed by atoms with Crippen molar-refractivity contribution >= 4 is 35.0 Å². The van der Waals surface area contributed by atoms with E-state index in [9.17, 15) is 0 Å². The number of rotatable bonds is 5. The van der Waals surface area contributed by atoms with Gasteiger partial charge < -0.3 is 5.73 Å². The van der Waals surface area contributed by atoms with Gasteiger partial charge in [0.1, 0.15) is 0 Å². The highest BCUT2D eigenvalue weighted by molar-refractivity contribution is 7.99. The monoisotopic (exact) mass is 325 g/mol. The molecule has 0 aliphatic rings. The Morgan fingerprint density at radius 2 is 1.85 bits per heavy atom. The zero-order valence-electron chi connectivity index (χ0n) is 11.3. The van der Waals surface area contributed by atoms with E-state index in [1.165, 1.54) is 10.5 Å². The Labute approximate surface area is 134 Å². The normalized spacial score (nSPS) is 12.4. The number of hydrogen-bond acceptors (Lipinski definition) is 2. The van der Waals surface area contributed by atoms with Gasteiger partial charge in [-0.25, -0.2) is 0 Å². The molecule has 2 rings (SSSR count). The van der Waals surface area contributed by atoms with Crippen molar-refractivity contribution in [1.82, 2.24) is 0 Å². The predicted molar refractivity (Wildman–Crippen MR) is 89.0 cm³/mol. The number of halogens is 2. The molecule has 0 saturated heterocycles. The molecule has 0 radical (unpaired) electrons. The number of nitrogens with two attached hydrogens (primary N) is 1. The van der Waals surface area contributed by atoms with Gasteiger partial charge in [-0.2, -0.15) is 0 Å². The van der Waals surface area contributed by atoms with E-state index in [-0.39, 0.29) is 6.04 Å². The van der Waals surface area contributed by atoms with Gasteiger partial charge in [0.15, 0.2) is 0 Å². The second-order valence-electron chi connectivity index (χ2n) is 4.68. The molecular formula is C16H17Cl2NS. The van der Waals surface area contributed by atoms with Gasteiger partial charge in [0.05, 0.1) is 0 Å². The molecule has 0 aliphatic carbocycles. The average Bonchev–Trinajstić information content (AvgIpc) is 2.42. The molecule has 0 heterocycles. The van der Waals surface area contributed by atoms with Gasteiger partial charge in [0, 0.05) is 25.9 Å². The van der Waals surface area contributed by atoms with E-state index in [2.05, 4.69) is 13.0 Å². The maximum atomic E-state index is 6.10. The summed E-state index contributed by atoms with van der Waals surface area (Å²) in [6, 6.07) is 14.0. The van der Waals surface area contributed by atoms with Crippen LogP contribution in [0, 0.1) is 0 Å². The maximum Gasteiger partial charge on any atom is 0.0417 e. The molecule has 20 heavy (non-hydrogen) atoms. The van der Waals surface area contributed by atoms with E-state index >= 15 is 0 Å². The largest absolute Gasteiger partial charge is 0.327 e. The van der Waals surface area contributed by atoms with Gasteiger partial charge in [0.2, 0.25) is 0 Å². The van der Waals surface area contributed by atoms with Gasteiger partial charge in [-0.3, -0.25) is 0 Å². The number of hydrogen-bond donors (Lipinski definition) is 1. The molecule has 0 amide bonds. The first-order valence-corrected chi connectivity index (χ1v) is 8.13. The fourth-order valence-electron chi connectivity index (χ4n) is 1.89. The van der Waals surface area contributed by atoms with Crippen LogP contribution in [0.25, 0.3) is 0 Å². The van der Waals surface area contributed by atoms with Crippen LogP contribution >= 0.6 is 35.0 Å². The van der Waals surface area contributed by atoms with Gasteiger partial charge in [0.25, 0.3) is 0 Å². The lowest BCUT2D eigenvalue weighted by atomic mass is 10.0. The van der Waals surface area contributed by atoms with Crippen molar-refractivity contribution in [3.05, 3.63) is 58.1 Å². The minimum absolute atomic E-state index is 0.159. The summed E-state index contributed by atoms with van der Waals surface area (Å²) in [5.41, 5.74) is 7.26. The summed E-state index contributed by atoms with van der Waals surface area (Å²) in [6.07, 6.45) is 1.79. The van der Waals surface area contributed by atoms with Crippen LogP contribution < -0.4 is 5.73 Å². The van der Waals surface area contributed by atoms with Crippen molar-refractivity contribution in [3.63, 3.8) is 0 Å². The predicted octanol–water partition coefficient (Wildman–Crippen LogP) is 5.42. The quantitative estimate of drug-likeness (QED) is 0.793. The van der Waals surface area contributed by atoms with Crippen LogP contribution in [0.5, 0.6) is 0 Å². The van der Waals surface area contributed by atoms with Crippen molar-refractivity contribution in [3.8, 4) is 0 Å². The highest BCUT2D eigenvalue weighted by Crippen LogP contribution is 2.33. The van der Waals surface area contributed by atoms with Gasteiger partial charge in [-0.15, -0.1) is 0 Å². The molecule has 2 N–H and O–H groups in total. The zero-order chi connectivity index (χ0) is 14.5. The fourth-order valence-corrected chi connectivity index (χ4v) is 3.34. The third kappa shape index (κ3) is 4.42. The molecule has 0 spiro atoms. The third-order valence-electron chi connectivity index (χ3n) is 3.05. The highest BCUT2D eigenvalue weighted by Gasteiger charge is 2.09. The Morgan fingerprint density at radius 3 is 2.55 bits per heavy atom. The Balaban J connectivity index is 2.26. The minimum Gasteiger partial charge on any atom is -0.327 e. The summed E-state index contributed by atoms with van der Waals surface area (Å²) in [5.74, 6) is 0. The lowest BCUT2D eigenvalue weighted by molar-refractivity contribution is 0.641. The molecule has 2 aromatic carbocycles. The lowest BCUT2D eigenvalue weighted by Crippen LogP contribution is -2.21. The molecule has 0 fully saturated rings. The van der Waals surface area contributed by atoms with E-state index in [0.29, 0.717) is 0 Å². The molecule has 2 aromatic rings. The van der Waals surface area contributed by atoms with E-state index in [0.717, 1.165) is 27.8 Å². The van der Waals surface area contributed by atoms with Gasteiger partial charge in [-0.1, -0.05) is 48.0 Å². The first kappa shape index (κ1) is 15.7. The average molecular weight is 326 g/mol. The molecule has 4 heteroatoms. The first-order valence-electron chi connectivity index (χ1n) is 6.56. The molecule has 0 aromatic heterocycles. The molecule has 106 valence electrons. The molecule has 0 bridgehead atoms. The summed E-state index contributed by atoms with van der Waals surface area (Å²) >= 11 is 13.8. The Hall–Kier alpha value is -0.670. The molecule has 1 nitrogen and oxygen atoms in total. The summed E-state index contributed by atoms with van der Waals surface area (Å²) in [6.45, 7) is 2.10. The van der Waals surface area contributed by atoms with Crippen LogP contribution in [0.2, 0.25) is 10.0 Å². The first-order chi connectivity index (χ1) is 9.58. The van der Waals surface area contributed by atoms with Crippen LogP contribution in [-0.4, -0.2) is 6.04 Å². The van der Waals surface area contributed by atoms with Crippen molar-refractivity contribution in [2.24, 2.45) is 5.73 Å². The zero-order valence-corrected chi connectivity index (χ0v) is 13.6. The smallest absolute Gasteiger partial charge is 0.0417 e. The van der Waals surface area contributed by atoms with Crippen molar-refractivity contribution in [1.29, 1.82) is 0 Å². The van der Waals surface area contributed by atoms with Crippen LogP contribution in [-0.2, 0) is 6.42 Å². The third-order valence-corrected chi connectivity index (χ3v) is 4.63. The second-order valence-corrected chi connectivity index (χ2v) is 6.67. The summed E-state index contributed by atoms with van der Waals surface area (Å²) in [4.78, 5) is 2.30. The summed E-state index contributed by atoms with van der Waals surface area (Å²) < 4.78 is 0. The van der Waals surface area contributed by atoms with E-state index in [1.54, 1.807) is 11.8 Å². The van der Waals surface area contributed by atoms with Crippen LogP contribution in [0.15, 0.2) is 52.3 Å². The summed E-state index contributed by atoms with van der Waals surface area (Å²) in [7, 11) is 0. The molecule has 1 unspecified atom stereocenters. The molecular weight excluding hydrogens is 309 g/mol. The lowest BCUT2D eigenvalue weighted by Gasteiger charge is -2.13. The molecule has 0 aliphatic heterocycles. The van der Waals surface area contributed by atoms with E-state index in [1.807, 2.05) is 36.4 Å². The van der Waals surface area contributed by atoms with Crippen molar-refractivity contribution < 1.29 is 0 Å². The van der Waals surface area contributed by atoms with Crippen molar-refractivity contribution in [2.45, 2.75) is 35.6 Å².